The Kier molecular flexibility index (Phi) is 3.51. The fraction of sp³-hybridized carbons (Fsp3) is 0.500. The molecule has 0 aliphatic carbocycles. The van der Waals surface area contributed by atoms with Crippen LogP contribution in [0.4, 0.5) is 0 Å². The summed E-state index contributed by atoms with van der Waals surface area (Å²) in [6, 6.07) is -0.0269. The lowest BCUT2D eigenvalue weighted by molar-refractivity contribution is 0.168. The van der Waals surface area contributed by atoms with E-state index in [4.69, 9.17) is 4.74 Å². The Hall–Kier alpha value is -1.42. The van der Waals surface area contributed by atoms with Crippen molar-refractivity contribution in [2.75, 3.05) is 13.7 Å². The third-order valence-electron chi connectivity index (χ3n) is 2.60. The Balaban J connectivity index is 2.21. The van der Waals surface area contributed by atoms with Crippen LogP contribution in [0.5, 0.6) is 0 Å². The Morgan fingerprint density at radius 3 is 2.69 bits per heavy atom. The van der Waals surface area contributed by atoms with Crippen molar-refractivity contribution in [2.45, 2.75) is 25.8 Å². The van der Waals surface area contributed by atoms with Gasteiger partial charge in [-0.05, 0) is 38.5 Å². The molecule has 1 aromatic heterocycles. The number of nitrogens with zero attached hydrogens (tertiary/aromatic N) is 2. The molecule has 1 atom stereocenters. The zero-order chi connectivity index (χ0) is 11.4. The van der Waals surface area contributed by atoms with Crippen molar-refractivity contribution in [2.24, 2.45) is 0 Å². The van der Waals surface area contributed by atoms with Crippen LogP contribution in [-0.2, 0) is 4.74 Å². The monoisotopic (exact) mass is 219 g/mol. The number of hydrogen-bond acceptors (Lipinski definition) is 4. The van der Waals surface area contributed by atoms with Crippen molar-refractivity contribution >= 4 is 0 Å². The van der Waals surface area contributed by atoms with Gasteiger partial charge in [0.05, 0.1) is 6.61 Å². The summed E-state index contributed by atoms with van der Waals surface area (Å²) in [4.78, 5) is 8.66. The van der Waals surface area contributed by atoms with Gasteiger partial charge in [0.15, 0.2) is 5.82 Å². The van der Waals surface area contributed by atoms with Crippen LogP contribution in [0, 0.1) is 6.92 Å². The van der Waals surface area contributed by atoms with Crippen LogP contribution in [0.15, 0.2) is 24.2 Å². The maximum atomic E-state index is 5.63. The number of rotatable bonds is 3. The Bertz CT molecular complexity index is 372. The summed E-state index contributed by atoms with van der Waals surface area (Å²) < 4.78 is 5.63. The lowest BCUT2D eigenvalue weighted by atomic mass is 10.1. The van der Waals surface area contributed by atoms with E-state index < -0.39 is 0 Å². The third-order valence-corrected chi connectivity index (χ3v) is 2.60. The highest BCUT2D eigenvalue weighted by Crippen LogP contribution is 2.23. The molecule has 1 N–H and O–H groups in total. The third kappa shape index (κ3) is 2.39. The SMILES string of the molecule is CNC(C1=CCCCO1)c1ncc(C)cn1. The minimum Gasteiger partial charge on any atom is -0.496 e. The Labute approximate surface area is 95.8 Å². The molecule has 4 nitrogen and oxygen atoms in total. The van der Waals surface area contributed by atoms with E-state index in [1.165, 1.54) is 0 Å². The van der Waals surface area contributed by atoms with E-state index in [2.05, 4.69) is 21.4 Å². The second-order valence-corrected chi connectivity index (χ2v) is 3.94. The summed E-state index contributed by atoms with van der Waals surface area (Å²) in [5, 5.41) is 3.19. The first-order valence-electron chi connectivity index (χ1n) is 5.60. The van der Waals surface area contributed by atoms with Crippen LogP contribution in [0.3, 0.4) is 0 Å². The highest BCUT2D eigenvalue weighted by Gasteiger charge is 2.20. The van der Waals surface area contributed by atoms with Crippen LogP contribution >= 0.6 is 0 Å². The van der Waals surface area contributed by atoms with Gasteiger partial charge in [0.1, 0.15) is 11.8 Å². The van der Waals surface area contributed by atoms with Gasteiger partial charge in [-0.1, -0.05) is 0 Å². The molecule has 0 spiro atoms. The predicted octanol–water partition coefficient (Wildman–Crippen LogP) is 1.74. The molecule has 0 saturated heterocycles. The number of aromatic nitrogens is 2. The summed E-state index contributed by atoms with van der Waals surface area (Å²) in [6.45, 7) is 2.77. The zero-order valence-corrected chi connectivity index (χ0v) is 9.73. The van der Waals surface area contributed by atoms with Gasteiger partial charge in [-0.3, -0.25) is 0 Å². The average Bonchev–Trinajstić information content (AvgIpc) is 2.34. The molecule has 2 heterocycles. The number of ether oxygens (including phenoxy) is 1. The lowest BCUT2D eigenvalue weighted by Crippen LogP contribution is -2.24. The van der Waals surface area contributed by atoms with E-state index in [1.54, 1.807) is 0 Å². The largest absolute Gasteiger partial charge is 0.496 e. The number of aryl methyl sites for hydroxylation is 1. The quantitative estimate of drug-likeness (QED) is 0.841. The molecule has 1 aromatic rings. The molecular formula is C12H17N3O. The first-order valence-corrected chi connectivity index (χ1v) is 5.60. The van der Waals surface area contributed by atoms with Crippen LogP contribution in [0.2, 0.25) is 0 Å². The molecule has 0 bridgehead atoms. The van der Waals surface area contributed by atoms with Crippen LogP contribution in [0.25, 0.3) is 0 Å². The molecule has 0 radical (unpaired) electrons. The Morgan fingerprint density at radius 2 is 2.12 bits per heavy atom. The van der Waals surface area contributed by atoms with Crippen molar-refractivity contribution in [3.05, 3.63) is 35.6 Å². The number of nitrogens with one attached hydrogen (secondary N) is 1. The van der Waals surface area contributed by atoms with E-state index in [0.717, 1.165) is 36.6 Å². The van der Waals surface area contributed by atoms with Gasteiger partial charge in [0, 0.05) is 12.4 Å². The lowest BCUT2D eigenvalue weighted by Gasteiger charge is -2.22. The number of likely N-dealkylation sites (N-methyl/N-ethyl adjacent to an activating group) is 1. The number of allylic oxidation sites excluding steroid dienone is 1. The van der Waals surface area contributed by atoms with Gasteiger partial charge in [0.2, 0.25) is 0 Å². The van der Waals surface area contributed by atoms with Gasteiger partial charge in [0.25, 0.3) is 0 Å². The van der Waals surface area contributed by atoms with E-state index in [-0.39, 0.29) is 6.04 Å². The standard InChI is InChI=1S/C12H17N3O/c1-9-7-14-12(15-8-9)11(13-2)10-5-3-4-6-16-10/h5,7-8,11,13H,3-4,6H2,1-2H3. The molecule has 4 heteroatoms. The minimum atomic E-state index is -0.0269. The Morgan fingerprint density at radius 1 is 1.38 bits per heavy atom. The van der Waals surface area contributed by atoms with Gasteiger partial charge < -0.3 is 10.1 Å². The second-order valence-electron chi connectivity index (χ2n) is 3.94. The zero-order valence-electron chi connectivity index (χ0n) is 9.73. The van der Waals surface area contributed by atoms with Crippen molar-refractivity contribution in [3.63, 3.8) is 0 Å². The molecule has 1 unspecified atom stereocenters. The van der Waals surface area contributed by atoms with Gasteiger partial charge in [-0.25, -0.2) is 9.97 Å². The number of hydrogen-bond donors (Lipinski definition) is 1. The van der Waals surface area contributed by atoms with Crippen molar-refractivity contribution < 1.29 is 4.74 Å². The normalized spacial score (nSPS) is 17.5. The first-order chi connectivity index (χ1) is 7.81. The smallest absolute Gasteiger partial charge is 0.152 e. The molecule has 86 valence electrons. The van der Waals surface area contributed by atoms with Crippen molar-refractivity contribution in [1.82, 2.24) is 15.3 Å². The van der Waals surface area contributed by atoms with Crippen LogP contribution < -0.4 is 5.32 Å². The summed E-state index contributed by atoms with van der Waals surface area (Å²) in [5.74, 6) is 1.71. The summed E-state index contributed by atoms with van der Waals surface area (Å²) >= 11 is 0. The molecular weight excluding hydrogens is 202 g/mol. The summed E-state index contributed by atoms with van der Waals surface area (Å²) in [6.07, 6.45) is 7.94. The fourth-order valence-electron chi connectivity index (χ4n) is 1.73. The van der Waals surface area contributed by atoms with E-state index in [9.17, 15) is 0 Å². The molecule has 2 rings (SSSR count). The maximum Gasteiger partial charge on any atom is 0.152 e. The average molecular weight is 219 g/mol. The molecule has 0 aromatic carbocycles. The topological polar surface area (TPSA) is 47.0 Å². The van der Waals surface area contributed by atoms with Crippen LogP contribution in [0.1, 0.15) is 30.3 Å². The van der Waals surface area contributed by atoms with E-state index in [1.807, 2.05) is 26.4 Å². The van der Waals surface area contributed by atoms with Crippen LogP contribution in [-0.4, -0.2) is 23.6 Å². The summed E-state index contributed by atoms with van der Waals surface area (Å²) in [5.41, 5.74) is 1.07. The first kappa shape index (κ1) is 11.1. The predicted molar refractivity (Wildman–Crippen MR) is 61.8 cm³/mol. The van der Waals surface area contributed by atoms with E-state index >= 15 is 0 Å². The van der Waals surface area contributed by atoms with Gasteiger partial charge >= 0.3 is 0 Å². The molecule has 0 amide bonds. The van der Waals surface area contributed by atoms with Crippen molar-refractivity contribution in [1.29, 1.82) is 0 Å². The molecule has 1 aliphatic heterocycles. The maximum absolute atomic E-state index is 5.63. The van der Waals surface area contributed by atoms with Gasteiger partial charge in [-0.15, -0.1) is 0 Å². The minimum absolute atomic E-state index is 0.0269. The van der Waals surface area contributed by atoms with Gasteiger partial charge in [-0.2, -0.15) is 0 Å². The van der Waals surface area contributed by atoms with Crippen molar-refractivity contribution in [3.8, 4) is 0 Å². The summed E-state index contributed by atoms with van der Waals surface area (Å²) in [7, 11) is 1.90. The fourth-order valence-corrected chi connectivity index (χ4v) is 1.73. The molecule has 16 heavy (non-hydrogen) atoms. The molecule has 0 saturated carbocycles. The van der Waals surface area contributed by atoms with E-state index in [0.29, 0.717) is 0 Å². The molecule has 0 fully saturated rings. The molecule has 1 aliphatic rings. The second kappa shape index (κ2) is 5.07. The highest BCUT2D eigenvalue weighted by atomic mass is 16.5. The highest BCUT2D eigenvalue weighted by molar-refractivity contribution is 5.15.